The highest BCUT2D eigenvalue weighted by molar-refractivity contribution is 5.97. The van der Waals surface area contributed by atoms with E-state index in [1.807, 2.05) is 49.4 Å². The Hall–Kier alpha value is -4.13. The Morgan fingerprint density at radius 3 is 2.18 bits per heavy atom. The van der Waals surface area contributed by atoms with Gasteiger partial charge in [-0.1, -0.05) is 84.4 Å². The highest BCUT2D eigenvalue weighted by Crippen LogP contribution is 2.48. The van der Waals surface area contributed by atoms with Crippen LogP contribution in [-0.2, 0) is 15.0 Å². The fourth-order valence-corrected chi connectivity index (χ4v) is 5.00. The Balaban J connectivity index is 1.23. The molecule has 6 nitrogen and oxygen atoms in total. The molecule has 2 aliphatic rings. The van der Waals surface area contributed by atoms with Gasteiger partial charge in [0.15, 0.2) is 5.82 Å². The van der Waals surface area contributed by atoms with Crippen molar-refractivity contribution < 1.29 is 14.7 Å². The summed E-state index contributed by atoms with van der Waals surface area (Å²) in [6.45, 7) is 4.10. The average Bonchev–Trinajstić information content (AvgIpc) is 3.69. The molecule has 1 saturated carbocycles. The molecular weight excluding hydrogens is 474 g/mol. The second-order valence-corrected chi connectivity index (χ2v) is 10.2. The van der Waals surface area contributed by atoms with E-state index in [1.54, 1.807) is 0 Å². The van der Waals surface area contributed by atoms with Crippen molar-refractivity contribution in [3.63, 3.8) is 0 Å². The lowest BCUT2D eigenvalue weighted by molar-refractivity contribution is -0.140. The first-order valence-corrected chi connectivity index (χ1v) is 12.9. The largest absolute Gasteiger partial charge is 0.481 e. The number of pyridine rings is 1. The molecule has 1 aromatic heterocycles. The van der Waals surface area contributed by atoms with Gasteiger partial charge in [0.1, 0.15) is 6.10 Å². The number of aliphatic carboxylic acids is 1. The van der Waals surface area contributed by atoms with Gasteiger partial charge in [-0.15, -0.1) is 0 Å². The molecule has 1 aliphatic heterocycles. The van der Waals surface area contributed by atoms with E-state index in [4.69, 9.17) is 14.8 Å². The van der Waals surface area contributed by atoms with Crippen molar-refractivity contribution in [1.29, 1.82) is 0 Å². The van der Waals surface area contributed by atoms with Crippen LogP contribution in [0.25, 0.3) is 22.4 Å². The van der Waals surface area contributed by atoms with Crippen molar-refractivity contribution in [1.82, 2.24) is 10.5 Å². The zero-order valence-corrected chi connectivity index (χ0v) is 21.4. The summed E-state index contributed by atoms with van der Waals surface area (Å²) in [5.74, 6) is -0.0859. The SMILES string of the molecule is Cc1ccc(-c2cccc(N=C3C(C)NOC3c3ccc(-c4ccc(C5(C(=O)O)CC5)cc4)cc3)n2)cc1. The molecule has 6 rings (SSSR count). The van der Waals surface area contributed by atoms with Crippen LogP contribution >= 0.6 is 0 Å². The summed E-state index contributed by atoms with van der Waals surface area (Å²) in [7, 11) is 0. The Morgan fingerprint density at radius 1 is 0.921 bits per heavy atom. The number of aromatic nitrogens is 1. The van der Waals surface area contributed by atoms with Gasteiger partial charge in [0.2, 0.25) is 0 Å². The maximum absolute atomic E-state index is 11.6. The lowest BCUT2D eigenvalue weighted by Gasteiger charge is -2.13. The summed E-state index contributed by atoms with van der Waals surface area (Å²) in [6, 6.07) is 30.3. The minimum Gasteiger partial charge on any atom is -0.481 e. The quantitative estimate of drug-likeness (QED) is 0.311. The number of hydroxylamine groups is 1. The van der Waals surface area contributed by atoms with Gasteiger partial charge in [-0.05, 0) is 61.1 Å². The molecule has 38 heavy (non-hydrogen) atoms. The second kappa shape index (κ2) is 9.63. The summed E-state index contributed by atoms with van der Waals surface area (Å²) < 4.78 is 0. The Kier molecular flexibility index (Phi) is 6.14. The predicted molar refractivity (Wildman–Crippen MR) is 148 cm³/mol. The first-order chi connectivity index (χ1) is 18.4. The molecule has 2 N–H and O–H groups in total. The molecule has 4 aromatic rings. The molecule has 2 atom stereocenters. The highest BCUT2D eigenvalue weighted by Gasteiger charge is 2.51. The van der Waals surface area contributed by atoms with E-state index in [0.29, 0.717) is 18.7 Å². The number of nitrogens with one attached hydrogen (secondary N) is 1. The van der Waals surface area contributed by atoms with E-state index in [0.717, 1.165) is 39.2 Å². The average molecular weight is 504 g/mol. The van der Waals surface area contributed by atoms with Crippen LogP contribution in [0, 0.1) is 6.92 Å². The number of carboxylic acid groups (broad SMARTS) is 1. The lowest BCUT2D eigenvalue weighted by Crippen LogP contribution is -2.22. The van der Waals surface area contributed by atoms with Gasteiger partial charge in [-0.25, -0.2) is 9.98 Å². The maximum atomic E-state index is 11.6. The summed E-state index contributed by atoms with van der Waals surface area (Å²) in [5, 5.41) is 9.56. The maximum Gasteiger partial charge on any atom is 0.314 e. The van der Waals surface area contributed by atoms with Crippen molar-refractivity contribution in [2.75, 3.05) is 0 Å². The van der Waals surface area contributed by atoms with Crippen LogP contribution < -0.4 is 5.48 Å². The molecule has 0 bridgehead atoms. The minimum atomic E-state index is -0.733. The van der Waals surface area contributed by atoms with E-state index < -0.39 is 11.4 Å². The fourth-order valence-electron chi connectivity index (χ4n) is 5.00. The molecule has 3 aromatic carbocycles. The van der Waals surface area contributed by atoms with Crippen LogP contribution in [0.5, 0.6) is 0 Å². The number of rotatable bonds is 6. The van der Waals surface area contributed by atoms with Crippen LogP contribution in [0.15, 0.2) is 96.0 Å². The molecule has 2 heterocycles. The second-order valence-electron chi connectivity index (χ2n) is 10.2. The van der Waals surface area contributed by atoms with Gasteiger partial charge in [-0.2, -0.15) is 5.48 Å². The smallest absolute Gasteiger partial charge is 0.314 e. The minimum absolute atomic E-state index is 0.0546. The van der Waals surface area contributed by atoms with E-state index in [9.17, 15) is 9.90 Å². The third kappa shape index (κ3) is 4.53. The van der Waals surface area contributed by atoms with E-state index in [-0.39, 0.29) is 12.1 Å². The van der Waals surface area contributed by atoms with Gasteiger partial charge in [-0.3, -0.25) is 9.63 Å². The number of nitrogens with zero attached hydrogens (tertiary/aromatic N) is 2. The normalized spacial score (nSPS) is 20.9. The number of hydrogen-bond acceptors (Lipinski definition) is 5. The molecule has 2 unspecified atom stereocenters. The fraction of sp³-hybridized carbons (Fsp3) is 0.219. The molecule has 6 heteroatoms. The van der Waals surface area contributed by atoms with Gasteiger partial charge < -0.3 is 5.11 Å². The number of carbonyl (C=O) groups is 1. The zero-order valence-electron chi connectivity index (χ0n) is 21.4. The number of benzene rings is 3. The zero-order chi connectivity index (χ0) is 26.3. The molecule has 190 valence electrons. The third-order valence-electron chi connectivity index (χ3n) is 7.54. The summed E-state index contributed by atoms with van der Waals surface area (Å²) in [6.07, 6.45) is 1.09. The molecule has 1 saturated heterocycles. The van der Waals surface area contributed by atoms with Crippen molar-refractivity contribution >= 4 is 17.5 Å². The van der Waals surface area contributed by atoms with Crippen LogP contribution in [-0.4, -0.2) is 27.8 Å². The topological polar surface area (TPSA) is 83.8 Å². The number of aryl methyl sites for hydroxylation is 1. The van der Waals surface area contributed by atoms with Crippen LogP contribution in [0.4, 0.5) is 5.82 Å². The van der Waals surface area contributed by atoms with Crippen LogP contribution in [0.3, 0.4) is 0 Å². The summed E-state index contributed by atoms with van der Waals surface area (Å²) in [4.78, 5) is 27.2. The molecule has 0 spiro atoms. The summed E-state index contributed by atoms with van der Waals surface area (Å²) >= 11 is 0. The Morgan fingerprint density at radius 2 is 1.55 bits per heavy atom. The number of aliphatic imine (C=N–C) groups is 1. The molecule has 2 fully saturated rings. The summed E-state index contributed by atoms with van der Waals surface area (Å²) in [5.41, 5.74) is 10.4. The monoisotopic (exact) mass is 503 g/mol. The van der Waals surface area contributed by atoms with Crippen molar-refractivity contribution in [2.45, 2.75) is 44.2 Å². The van der Waals surface area contributed by atoms with Crippen LogP contribution in [0.2, 0.25) is 0 Å². The van der Waals surface area contributed by atoms with Gasteiger partial charge >= 0.3 is 5.97 Å². The third-order valence-corrected chi connectivity index (χ3v) is 7.54. The van der Waals surface area contributed by atoms with Crippen molar-refractivity contribution in [3.8, 4) is 22.4 Å². The Labute approximate surface area is 222 Å². The first-order valence-electron chi connectivity index (χ1n) is 12.9. The number of carboxylic acids is 1. The van der Waals surface area contributed by atoms with Crippen molar-refractivity contribution in [2.24, 2.45) is 4.99 Å². The molecular formula is C32H29N3O3. The van der Waals surface area contributed by atoms with E-state index in [2.05, 4.69) is 60.9 Å². The number of hydrogen-bond donors (Lipinski definition) is 2. The van der Waals surface area contributed by atoms with Crippen molar-refractivity contribution in [3.05, 3.63) is 108 Å². The predicted octanol–water partition coefficient (Wildman–Crippen LogP) is 6.58. The molecule has 0 radical (unpaired) electrons. The highest BCUT2D eigenvalue weighted by atomic mass is 16.7. The lowest BCUT2D eigenvalue weighted by atomic mass is 9.93. The van der Waals surface area contributed by atoms with Gasteiger partial charge in [0.05, 0.1) is 22.9 Å². The molecule has 1 aliphatic carbocycles. The van der Waals surface area contributed by atoms with Gasteiger partial charge in [0, 0.05) is 5.56 Å². The van der Waals surface area contributed by atoms with E-state index >= 15 is 0 Å². The van der Waals surface area contributed by atoms with E-state index in [1.165, 1.54) is 5.56 Å². The van der Waals surface area contributed by atoms with Gasteiger partial charge in [0.25, 0.3) is 0 Å². The first kappa shape index (κ1) is 24.2. The van der Waals surface area contributed by atoms with Crippen LogP contribution in [0.1, 0.15) is 42.6 Å². The standard InChI is InChI=1S/C32H29N3O3/c1-20-6-8-24(9-7-20)27-4-3-5-28(33-27)34-29-21(2)35-38-30(29)25-12-10-22(11-13-25)23-14-16-26(17-15-23)32(18-19-32)31(36)37/h3-17,21,30,35H,18-19H2,1-2H3,(H,36,37). The molecule has 0 amide bonds. The Bertz CT molecular complexity index is 1510.